The first-order valence-corrected chi connectivity index (χ1v) is 8.08. The Hall–Kier alpha value is -2.36. The second-order valence-corrected chi connectivity index (χ2v) is 6.02. The number of rotatable bonds is 5. The van der Waals surface area contributed by atoms with Crippen molar-refractivity contribution < 1.29 is 14.3 Å². The highest BCUT2D eigenvalue weighted by molar-refractivity contribution is 5.95. The molecule has 1 aliphatic heterocycles. The lowest BCUT2D eigenvalue weighted by Gasteiger charge is -2.40. The van der Waals surface area contributed by atoms with Gasteiger partial charge in [-0.15, -0.1) is 0 Å². The molecule has 4 heteroatoms. The second kappa shape index (κ2) is 6.41. The molecule has 0 unspecified atom stereocenters. The normalized spacial score (nSPS) is 19.6. The maximum atomic E-state index is 12.3. The molecule has 0 radical (unpaired) electrons. The van der Waals surface area contributed by atoms with Crippen molar-refractivity contribution in [2.24, 2.45) is 5.41 Å². The maximum Gasteiger partial charge on any atom is 0.316 e. The lowest BCUT2D eigenvalue weighted by molar-refractivity contribution is -0.157. The van der Waals surface area contributed by atoms with Gasteiger partial charge in [0.15, 0.2) is 0 Å². The Morgan fingerprint density at radius 1 is 1.30 bits per heavy atom. The van der Waals surface area contributed by atoms with Crippen molar-refractivity contribution in [1.29, 1.82) is 0 Å². The van der Waals surface area contributed by atoms with Crippen LogP contribution in [0, 0.1) is 5.41 Å². The molecule has 0 N–H and O–H groups in total. The SMILES string of the molecule is CCOC(=O)C1(C2=CC(=O)N(C=Cc3ccccc3)C2)CCC1. The van der Waals surface area contributed by atoms with E-state index in [9.17, 15) is 9.59 Å². The smallest absolute Gasteiger partial charge is 0.316 e. The van der Waals surface area contributed by atoms with Crippen LogP contribution in [0.15, 0.2) is 48.2 Å². The Balaban J connectivity index is 1.72. The van der Waals surface area contributed by atoms with Gasteiger partial charge in [-0.05, 0) is 37.0 Å². The van der Waals surface area contributed by atoms with Crippen molar-refractivity contribution in [2.75, 3.05) is 13.2 Å². The molecule has 1 fully saturated rings. The summed E-state index contributed by atoms with van der Waals surface area (Å²) in [4.78, 5) is 26.2. The van der Waals surface area contributed by atoms with Gasteiger partial charge in [0.05, 0.1) is 12.0 Å². The van der Waals surface area contributed by atoms with Crippen molar-refractivity contribution in [3.05, 3.63) is 53.7 Å². The lowest BCUT2D eigenvalue weighted by Crippen LogP contribution is -2.42. The Morgan fingerprint density at radius 2 is 2.04 bits per heavy atom. The molecule has 3 rings (SSSR count). The highest BCUT2D eigenvalue weighted by atomic mass is 16.5. The van der Waals surface area contributed by atoms with Crippen LogP contribution in [0.1, 0.15) is 31.7 Å². The van der Waals surface area contributed by atoms with Crippen LogP contribution < -0.4 is 0 Å². The molecule has 1 aliphatic carbocycles. The second-order valence-electron chi connectivity index (χ2n) is 6.02. The third-order valence-corrected chi connectivity index (χ3v) is 4.66. The number of benzene rings is 1. The molecule has 1 saturated carbocycles. The number of hydrogen-bond donors (Lipinski definition) is 0. The quantitative estimate of drug-likeness (QED) is 0.785. The van der Waals surface area contributed by atoms with E-state index < -0.39 is 5.41 Å². The molecule has 1 aromatic carbocycles. The summed E-state index contributed by atoms with van der Waals surface area (Å²) in [6.07, 6.45) is 7.88. The average molecular weight is 311 g/mol. The summed E-state index contributed by atoms with van der Waals surface area (Å²) in [5.74, 6) is -0.248. The highest BCUT2D eigenvalue weighted by Gasteiger charge is 2.50. The van der Waals surface area contributed by atoms with Crippen LogP contribution in [0.2, 0.25) is 0 Å². The third-order valence-electron chi connectivity index (χ3n) is 4.66. The van der Waals surface area contributed by atoms with Crippen LogP contribution in [0.5, 0.6) is 0 Å². The largest absolute Gasteiger partial charge is 0.465 e. The number of ether oxygens (including phenoxy) is 1. The number of nitrogens with zero attached hydrogens (tertiary/aromatic N) is 1. The summed E-state index contributed by atoms with van der Waals surface area (Å²) < 4.78 is 5.23. The number of carbonyl (C=O) groups excluding carboxylic acids is 2. The Kier molecular flexibility index (Phi) is 4.33. The van der Waals surface area contributed by atoms with Gasteiger partial charge in [0.25, 0.3) is 5.91 Å². The van der Waals surface area contributed by atoms with Crippen molar-refractivity contribution >= 4 is 18.0 Å². The molecular formula is C19H21NO3. The summed E-state index contributed by atoms with van der Waals surface area (Å²) in [5, 5.41) is 0. The molecule has 0 saturated heterocycles. The Morgan fingerprint density at radius 3 is 2.65 bits per heavy atom. The van der Waals surface area contributed by atoms with Crippen LogP contribution in [-0.4, -0.2) is 29.9 Å². The van der Waals surface area contributed by atoms with Crippen molar-refractivity contribution in [3.63, 3.8) is 0 Å². The van der Waals surface area contributed by atoms with Crippen LogP contribution in [0.4, 0.5) is 0 Å². The van der Waals surface area contributed by atoms with Gasteiger partial charge in [0, 0.05) is 18.8 Å². The van der Waals surface area contributed by atoms with E-state index >= 15 is 0 Å². The molecule has 1 heterocycles. The maximum absolute atomic E-state index is 12.3. The zero-order valence-electron chi connectivity index (χ0n) is 13.3. The van der Waals surface area contributed by atoms with Crippen LogP contribution in [0.25, 0.3) is 6.08 Å². The van der Waals surface area contributed by atoms with E-state index in [1.807, 2.05) is 43.3 Å². The van der Waals surface area contributed by atoms with Crippen molar-refractivity contribution in [2.45, 2.75) is 26.2 Å². The van der Waals surface area contributed by atoms with Gasteiger partial charge in [0.1, 0.15) is 0 Å². The average Bonchev–Trinajstić information content (AvgIpc) is 2.86. The van der Waals surface area contributed by atoms with Gasteiger partial charge in [-0.2, -0.15) is 0 Å². The fourth-order valence-electron chi connectivity index (χ4n) is 3.15. The summed E-state index contributed by atoms with van der Waals surface area (Å²) in [6, 6.07) is 9.84. The number of carbonyl (C=O) groups is 2. The van der Waals surface area contributed by atoms with E-state index in [0.717, 1.165) is 30.4 Å². The monoisotopic (exact) mass is 311 g/mol. The molecule has 0 aromatic heterocycles. The first-order valence-electron chi connectivity index (χ1n) is 8.08. The Labute approximate surface area is 136 Å². The summed E-state index contributed by atoms with van der Waals surface area (Å²) in [7, 11) is 0. The first kappa shape index (κ1) is 15.5. The first-order chi connectivity index (χ1) is 11.2. The van der Waals surface area contributed by atoms with Crippen LogP contribution in [-0.2, 0) is 14.3 Å². The van der Waals surface area contributed by atoms with Gasteiger partial charge in [-0.1, -0.05) is 36.8 Å². The molecular weight excluding hydrogens is 290 g/mol. The number of esters is 1. The summed E-state index contributed by atoms with van der Waals surface area (Å²) in [6.45, 7) is 2.66. The molecule has 0 bridgehead atoms. The van der Waals surface area contributed by atoms with E-state index in [0.29, 0.717) is 13.2 Å². The predicted molar refractivity (Wildman–Crippen MR) is 88.2 cm³/mol. The molecule has 2 aliphatic rings. The standard InChI is InChI=1S/C19H21NO3/c1-2-23-18(22)19(10-6-11-19)16-13-17(21)20(14-16)12-9-15-7-4-3-5-8-15/h3-5,7-9,12-13H,2,6,10-11,14H2,1H3. The molecule has 1 amide bonds. The zero-order valence-corrected chi connectivity index (χ0v) is 13.3. The number of amides is 1. The van der Waals surface area contributed by atoms with E-state index in [4.69, 9.17) is 4.74 Å². The topological polar surface area (TPSA) is 46.6 Å². The highest BCUT2D eigenvalue weighted by Crippen LogP contribution is 2.49. The predicted octanol–water partition coefficient (Wildman–Crippen LogP) is 3.16. The van der Waals surface area contributed by atoms with E-state index in [-0.39, 0.29) is 11.9 Å². The molecule has 1 aromatic rings. The van der Waals surface area contributed by atoms with Crippen molar-refractivity contribution in [1.82, 2.24) is 4.90 Å². The molecule has 120 valence electrons. The van der Waals surface area contributed by atoms with Gasteiger partial charge < -0.3 is 9.64 Å². The minimum absolute atomic E-state index is 0.0669. The summed E-state index contributed by atoms with van der Waals surface area (Å²) >= 11 is 0. The van der Waals surface area contributed by atoms with Gasteiger partial charge in [-0.3, -0.25) is 9.59 Å². The van der Waals surface area contributed by atoms with Gasteiger partial charge in [-0.25, -0.2) is 0 Å². The number of hydrogen-bond acceptors (Lipinski definition) is 3. The molecule has 0 atom stereocenters. The lowest BCUT2D eigenvalue weighted by atomic mass is 9.64. The molecule has 4 nitrogen and oxygen atoms in total. The van der Waals surface area contributed by atoms with Crippen LogP contribution in [0.3, 0.4) is 0 Å². The molecule has 0 spiro atoms. The van der Waals surface area contributed by atoms with E-state index in [2.05, 4.69) is 0 Å². The zero-order chi connectivity index (χ0) is 16.3. The fraction of sp³-hybridized carbons (Fsp3) is 0.368. The molecule has 23 heavy (non-hydrogen) atoms. The van der Waals surface area contributed by atoms with Gasteiger partial charge >= 0.3 is 5.97 Å². The summed E-state index contributed by atoms with van der Waals surface area (Å²) in [5.41, 5.74) is 1.36. The van der Waals surface area contributed by atoms with E-state index in [1.165, 1.54) is 0 Å². The van der Waals surface area contributed by atoms with Gasteiger partial charge in [0.2, 0.25) is 0 Å². The van der Waals surface area contributed by atoms with E-state index in [1.54, 1.807) is 17.2 Å². The van der Waals surface area contributed by atoms with Crippen molar-refractivity contribution in [3.8, 4) is 0 Å². The minimum Gasteiger partial charge on any atom is -0.465 e. The fourth-order valence-corrected chi connectivity index (χ4v) is 3.15. The Bertz CT molecular complexity index is 656. The van der Waals surface area contributed by atoms with Crippen LogP contribution >= 0.6 is 0 Å². The minimum atomic E-state index is -0.568. The third kappa shape index (κ3) is 2.93.